The average Bonchev–Trinajstić information content (AvgIpc) is 2.39. The van der Waals surface area contributed by atoms with E-state index in [2.05, 4.69) is 10.3 Å². The zero-order valence-corrected chi connectivity index (χ0v) is 10.4. The summed E-state index contributed by atoms with van der Waals surface area (Å²) in [6, 6.07) is 3.04. The van der Waals surface area contributed by atoms with E-state index in [1.807, 2.05) is 0 Å². The molecule has 2 N–H and O–H groups in total. The van der Waals surface area contributed by atoms with Crippen molar-refractivity contribution in [2.24, 2.45) is 0 Å². The van der Waals surface area contributed by atoms with E-state index in [-0.39, 0.29) is 29.5 Å². The number of carbonyl (C=O) groups excluding carboxylic acids is 1. The number of rotatable bonds is 3. The first-order valence-corrected chi connectivity index (χ1v) is 6.20. The number of amides is 1. The summed E-state index contributed by atoms with van der Waals surface area (Å²) in [6.45, 7) is 0. The van der Waals surface area contributed by atoms with Gasteiger partial charge < -0.3 is 15.2 Å². The molecule has 1 aliphatic carbocycles. The Balaban J connectivity index is 2.04. The van der Waals surface area contributed by atoms with Gasteiger partial charge in [0, 0.05) is 13.3 Å². The van der Waals surface area contributed by atoms with E-state index in [4.69, 9.17) is 4.74 Å². The van der Waals surface area contributed by atoms with Crippen LogP contribution in [0.15, 0.2) is 18.3 Å². The van der Waals surface area contributed by atoms with Gasteiger partial charge in [-0.15, -0.1) is 0 Å². The van der Waals surface area contributed by atoms with Crippen molar-refractivity contribution in [2.45, 2.75) is 37.8 Å². The SMILES string of the molecule is CO[C@H]1CCCC[C@@H]1NC(=O)c1ncccc1O. The van der Waals surface area contributed by atoms with Crippen molar-refractivity contribution in [3.8, 4) is 5.75 Å². The first-order chi connectivity index (χ1) is 8.72. The van der Waals surface area contributed by atoms with Gasteiger partial charge in [0.2, 0.25) is 0 Å². The maximum Gasteiger partial charge on any atom is 0.274 e. The fourth-order valence-corrected chi connectivity index (χ4v) is 2.35. The Morgan fingerprint density at radius 1 is 1.50 bits per heavy atom. The van der Waals surface area contributed by atoms with Crippen LogP contribution in [-0.2, 0) is 4.74 Å². The van der Waals surface area contributed by atoms with Crippen LogP contribution in [0.4, 0.5) is 0 Å². The molecule has 1 amide bonds. The molecule has 2 atom stereocenters. The molecule has 1 fully saturated rings. The van der Waals surface area contributed by atoms with Crippen molar-refractivity contribution < 1.29 is 14.6 Å². The van der Waals surface area contributed by atoms with Crippen LogP contribution in [0.2, 0.25) is 0 Å². The van der Waals surface area contributed by atoms with E-state index < -0.39 is 0 Å². The fourth-order valence-electron chi connectivity index (χ4n) is 2.35. The molecule has 0 aromatic carbocycles. The number of nitrogens with zero attached hydrogens (tertiary/aromatic N) is 1. The smallest absolute Gasteiger partial charge is 0.274 e. The molecule has 98 valence electrons. The first kappa shape index (κ1) is 12.8. The van der Waals surface area contributed by atoms with Gasteiger partial charge in [0.15, 0.2) is 5.69 Å². The zero-order valence-electron chi connectivity index (χ0n) is 10.4. The third kappa shape index (κ3) is 2.79. The van der Waals surface area contributed by atoms with E-state index in [0.717, 1.165) is 25.7 Å². The minimum Gasteiger partial charge on any atom is -0.505 e. The molecule has 1 heterocycles. The molecule has 18 heavy (non-hydrogen) atoms. The van der Waals surface area contributed by atoms with Gasteiger partial charge in [-0.3, -0.25) is 4.79 Å². The van der Waals surface area contributed by atoms with Gasteiger partial charge >= 0.3 is 0 Å². The van der Waals surface area contributed by atoms with Gasteiger partial charge in [-0.05, 0) is 25.0 Å². The predicted octanol–water partition coefficient (Wildman–Crippen LogP) is 1.47. The monoisotopic (exact) mass is 250 g/mol. The lowest BCUT2D eigenvalue weighted by Crippen LogP contribution is -2.46. The summed E-state index contributed by atoms with van der Waals surface area (Å²) in [5.74, 6) is -0.443. The Labute approximate surface area is 106 Å². The molecule has 5 nitrogen and oxygen atoms in total. The third-order valence-corrected chi connectivity index (χ3v) is 3.32. The molecule has 0 spiro atoms. The lowest BCUT2D eigenvalue weighted by molar-refractivity contribution is 0.0390. The number of hydrogen-bond acceptors (Lipinski definition) is 4. The van der Waals surface area contributed by atoms with Gasteiger partial charge in [-0.2, -0.15) is 0 Å². The molecule has 0 bridgehead atoms. The molecule has 1 saturated carbocycles. The summed E-state index contributed by atoms with van der Waals surface area (Å²) < 4.78 is 5.37. The molecule has 1 aliphatic rings. The summed E-state index contributed by atoms with van der Waals surface area (Å²) in [4.78, 5) is 15.9. The van der Waals surface area contributed by atoms with Crippen molar-refractivity contribution in [3.05, 3.63) is 24.0 Å². The highest BCUT2D eigenvalue weighted by Gasteiger charge is 2.27. The second kappa shape index (κ2) is 5.82. The molecule has 0 saturated heterocycles. The summed E-state index contributed by atoms with van der Waals surface area (Å²) in [5, 5.41) is 12.5. The quantitative estimate of drug-likeness (QED) is 0.852. The number of aromatic nitrogens is 1. The fraction of sp³-hybridized carbons (Fsp3) is 0.538. The number of pyridine rings is 1. The van der Waals surface area contributed by atoms with Crippen LogP contribution in [0, 0.1) is 0 Å². The van der Waals surface area contributed by atoms with E-state index in [9.17, 15) is 9.90 Å². The minimum absolute atomic E-state index is 0.00217. The Hall–Kier alpha value is -1.62. The lowest BCUT2D eigenvalue weighted by Gasteiger charge is -2.30. The lowest BCUT2D eigenvalue weighted by atomic mass is 9.92. The maximum absolute atomic E-state index is 12.0. The number of ether oxygens (including phenoxy) is 1. The molecule has 0 aliphatic heterocycles. The number of carbonyl (C=O) groups is 1. The van der Waals surface area contributed by atoms with Gasteiger partial charge in [-0.1, -0.05) is 12.8 Å². The maximum atomic E-state index is 12.0. The van der Waals surface area contributed by atoms with Gasteiger partial charge in [-0.25, -0.2) is 4.98 Å². The molecule has 1 aromatic heterocycles. The number of nitrogens with one attached hydrogen (secondary N) is 1. The minimum atomic E-state index is -0.345. The Morgan fingerprint density at radius 2 is 2.28 bits per heavy atom. The Morgan fingerprint density at radius 3 is 3.00 bits per heavy atom. The van der Waals surface area contributed by atoms with Crippen LogP contribution >= 0.6 is 0 Å². The van der Waals surface area contributed by atoms with Crippen LogP contribution in [0.5, 0.6) is 5.75 Å². The molecular weight excluding hydrogens is 232 g/mol. The zero-order chi connectivity index (χ0) is 13.0. The largest absolute Gasteiger partial charge is 0.505 e. The number of aromatic hydroxyl groups is 1. The van der Waals surface area contributed by atoms with Crippen molar-refractivity contribution >= 4 is 5.91 Å². The Kier molecular flexibility index (Phi) is 4.15. The standard InChI is InChI=1S/C13H18N2O3/c1-18-11-7-3-2-5-9(11)15-13(17)12-10(16)6-4-8-14-12/h4,6,8-9,11,16H,2-3,5,7H2,1H3,(H,15,17)/t9-,11-/m0/s1. The summed E-state index contributed by atoms with van der Waals surface area (Å²) >= 11 is 0. The van der Waals surface area contributed by atoms with Crippen LogP contribution < -0.4 is 5.32 Å². The predicted molar refractivity (Wildman–Crippen MR) is 66.4 cm³/mol. The van der Waals surface area contributed by atoms with Crippen LogP contribution in [0.25, 0.3) is 0 Å². The Bertz CT molecular complexity index is 422. The average molecular weight is 250 g/mol. The second-order valence-corrected chi connectivity index (χ2v) is 4.51. The van der Waals surface area contributed by atoms with E-state index >= 15 is 0 Å². The normalized spacial score (nSPS) is 23.6. The highest BCUT2D eigenvalue weighted by atomic mass is 16.5. The first-order valence-electron chi connectivity index (χ1n) is 6.20. The topological polar surface area (TPSA) is 71.5 Å². The van der Waals surface area contributed by atoms with Crippen molar-refractivity contribution in [2.75, 3.05) is 7.11 Å². The van der Waals surface area contributed by atoms with Crippen LogP contribution in [-0.4, -0.2) is 35.3 Å². The summed E-state index contributed by atoms with van der Waals surface area (Å²) in [6.07, 6.45) is 5.60. The number of hydrogen-bond donors (Lipinski definition) is 2. The molecular formula is C13H18N2O3. The summed E-state index contributed by atoms with van der Waals surface area (Å²) in [5.41, 5.74) is 0.0675. The highest BCUT2D eigenvalue weighted by Crippen LogP contribution is 2.21. The molecule has 0 radical (unpaired) electrons. The van der Waals surface area contributed by atoms with Crippen molar-refractivity contribution in [1.29, 1.82) is 0 Å². The van der Waals surface area contributed by atoms with Gasteiger partial charge in [0.25, 0.3) is 5.91 Å². The van der Waals surface area contributed by atoms with E-state index in [0.29, 0.717) is 0 Å². The van der Waals surface area contributed by atoms with E-state index in [1.54, 1.807) is 13.2 Å². The second-order valence-electron chi connectivity index (χ2n) is 4.51. The third-order valence-electron chi connectivity index (χ3n) is 3.32. The van der Waals surface area contributed by atoms with Gasteiger partial charge in [0.05, 0.1) is 12.1 Å². The van der Waals surface area contributed by atoms with Crippen LogP contribution in [0.1, 0.15) is 36.2 Å². The molecule has 0 unspecified atom stereocenters. The van der Waals surface area contributed by atoms with E-state index in [1.165, 1.54) is 12.3 Å². The number of methoxy groups -OCH3 is 1. The summed E-state index contributed by atoms with van der Waals surface area (Å²) in [7, 11) is 1.66. The van der Waals surface area contributed by atoms with Gasteiger partial charge in [0.1, 0.15) is 5.75 Å². The van der Waals surface area contributed by atoms with Crippen LogP contribution in [0.3, 0.4) is 0 Å². The molecule has 5 heteroatoms. The highest BCUT2D eigenvalue weighted by molar-refractivity contribution is 5.94. The van der Waals surface area contributed by atoms with Crippen molar-refractivity contribution in [1.82, 2.24) is 10.3 Å². The molecule has 1 aromatic rings. The van der Waals surface area contributed by atoms with Crippen molar-refractivity contribution in [3.63, 3.8) is 0 Å². The molecule has 2 rings (SSSR count).